The molecule has 172 valence electrons. The van der Waals surface area contributed by atoms with Crippen LogP contribution in [0.25, 0.3) is 55.3 Å². The minimum absolute atomic E-state index is 1.08. The third-order valence-electron chi connectivity index (χ3n) is 6.63. The molecule has 0 fully saturated rings. The summed E-state index contributed by atoms with van der Waals surface area (Å²) >= 11 is 7.23. The molecule has 0 unspecified atom stereocenters. The Hall–Kier alpha value is -3.46. The van der Waals surface area contributed by atoms with Crippen molar-refractivity contribution in [2.75, 3.05) is 0 Å². The van der Waals surface area contributed by atoms with Gasteiger partial charge in [0.2, 0.25) is 0 Å². The predicted molar refractivity (Wildman–Crippen MR) is 161 cm³/mol. The number of halogens is 2. The van der Waals surface area contributed by atoms with Crippen LogP contribution in [-0.4, -0.2) is 0 Å². The molecule has 36 heavy (non-hydrogen) atoms. The SMILES string of the molecule is Brc1ccc(-c2cccc(-c3ccc(-c4ccc(Br)cc4-c4cccc5ccccc45)cc3)c2)cc1. The number of rotatable bonds is 4. The van der Waals surface area contributed by atoms with Gasteiger partial charge in [0.25, 0.3) is 0 Å². The molecule has 0 atom stereocenters. The summed E-state index contributed by atoms with van der Waals surface area (Å²) in [6.45, 7) is 0. The van der Waals surface area contributed by atoms with Crippen LogP contribution in [0.2, 0.25) is 0 Å². The molecule has 0 N–H and O–H groups in total. The highest BCUT2D eigenvalue weighted by molar-refractivity contribution is 9.10. The summed E-state index contributed by atoms with van der Waals surface area (Å²) in [6.07, 6.45) is 0. The third-order valence-corrected chi connectivity index (χ3v) is 7.65. The van der Waals surface area contributed by atoms with Crippen LogP contribution >= 0.6 is 31.9 Å². The Morgan fingerprint density at radius 3 is 1.67 bits per heavy atom. The van der Waals surface area contributed by atoms with E-state index in [1.54, 1.807) is 0 Å². The van der Waals surface area contributed by atoms with Gasteiger partial charge in [0.15, 0.2) is 0 Å². The highest BCUT2D eigenvalue weighted by atomic mass is 79.9. The molecule has 0 amide bonds. The van der Waals surface area contributed by atoms with Crippen molar-refractivity contribution in [3.8, 4) is 44.5 Å². The van der Waals surface area contributed by atoms with Crippen molar-refractivity contribution in [3.05, 3.63) is 142 Å². The summed E-state index contributed by atoms with van der Waals surface area (Å²) in [5.74, 6) is 0. The van der Waals surface area contributed by atoms with Gasteiger partial charge >= 0.3 is 0 Å². The Kier molecular flexibility index (Phi) is 6.31. The van der Waals surface area contributed by atoms with E-state index in [9.17, 15) is 0 Å². The first-order valence-electron chi connectivity index (χ1n) is 11.9. The van der Waals surface area contributed by atoms with Crippen LogP contribution in [0.5, 0.6) is 0 Å². The van der Waals surface area contributed by atoms with Crippen LogP contribution in [0.1, 0.15) is 0 Å². The van der Waals surface area contributed by atoms with E-state index in [4.69, 9.17) is 0 Å². The van der Waals surface area contributed by atoms with E-state index in [1.165, 1.54) is 55.3 Å². The van der Waals surface area contributed by atoms with Gasteiger partial charge in [-0.2, -0.15) is 0 Å². The zero-order chi connectivity index (χ0) is 24.5. The van der Waals surface area contributed by atoms with Crippen molar-refractivity contribution in [1.29, 1.82) is 0 Å². The van der Waals surface area contributed by atoms with E-state index in [0.717, 1.165) is 8.95 Å². The molecule has 6 rings (SSSR count). The first-order valence-corrected chi connectivity index (χ1v) is 13.5. The molecule has 6 aromatic carbocycles. The molecule has 0 aliphatic heterocycles. The molecule has 0 aliphatic rings. The van der Waals surface area contributed by atoms with E-state index < -0.39 is 0 Å². The van der Waals surface area contributed by atoms with Crippen molar-refractivity contribution in [1.82, 2.24) is 0 Å². The Bertz CT molecular complexity index is 1670. The molecule has 0 aliphatic carbocycles. The Morgan fingerprint density at radius 1 is 0.333 bits per heavy atom. The van der Waals surface area contributed by atoms with E-state index in [1.807, 2.05) is 0 Å². The van der Waals surface area contributed by atoms with Gasteiger partial charge in [-0.1, -0.05) is 135 Å². The van der Waals surface area contributed by atoms with Crippen molar-refractivity contribution in [3.63, 3.8) is 0 Å². The van der Waals surface area contributed by atoms with Crippen molar-refractivity contribution in [2.45, 2.75) is 0 Å². The van der Waals surface area contributed by atoms with Gasteiger partial charge in [0.1, 0.15) is 0 Å². The second-order valence-electron chi connectivity index (χ2n) is 8.88. The molecule has 0 saturated carbocycles. The van der Waals surface area contributed by atoms with E-state index in [-0.39, 0.29) is 0 Å². The number of benzene rings is 6. The normalized spacial score (nSPS) is 11.1. The highest BCUT2D eigenvalue weighted by Crippen LogP contribution is 2.38. The van der Waals surface area contributed by atoms with Crippen LogP contribution in [0, 0.1) is 0 Å². The lowest BCUT2D eigenvalue weighted by atomic mass is 9.90. The summed E-state index contributed by atoms with van der Waals surface area (Å²) in [5, 5.41) is 2.52. The molecular weight excluding hydrogens is 568 g/mol. The zero-order valence-corrected chi connectivity index (χ0v) is 22.6. The largest absolute Gasteiger partial charge is 0.0616 e. The van der Waals surface area contributed by atoms with Gasteiger partial charge in [-0.25, -0.2) is 0 Å². The minimum Gasteiger partial charge on any atom is -0.0616 e. The lowest BCUT2D eigenvalue weighted by Crippen LogP contribution is -1.88. The lowest BCUT2D eigenvalue weighted by molar-refractivity contribution is 1.55. The summed E-state index contributed by atoms with van der Waals surface area (Å²) in [7, 11) is 0. The molecule has 6 aromatic rings. The fraction of sp³-hybridized carbons (Fsp3) is 0. The quantitative estimate of drug-likeness (QED) is 0.192. The fourth-order valence-electron chi connectivity index (χ4n) is 4.81. The molecule has 0 nitrogen and oxygen atoms in total. The molecule has 0 heterocycles. The second kappa shape index (κ2) is 9.89. The first kappa shape index (κ1) is 23.0. The van der Waals surface area contributed by atoms with E-state index in [0.29, 0.717) is 0 Å². The summed E-state index contributed by atoms with van der Waals surface area (Å²) in [6, 6.07) is 47.8. The molecule has 0 radical (unpaired) electrons. The van der Waals surface area contributed by atoms with Crippen molar-refractivity contribution < 1.29 is 0 Å². The number of hydrogen-bond donors (Lipinski definition) is 0. The number of hydrogen-bond acceptors (Lipinski definition) is 0. The maximum absolute atomic E-state index is 3.70. The lowest BCUT2D eigenvalue weighted by Gasteiger charge is -2.14. The molecule has 2 heteroatoms. The zero-order valence-electron chi connectivity index (χ0n) is 19.5. The maximum Gasteiger partial charge on any atom is 0.0181 e. The Labute approximate surface area is 228 Å². The second-order valence-corrected chi connectivity index (χ2v) is 10.7. The van der Waals surface area contributed by atoms with Crippen molar-refractivity contribution >= 4 is 42.6 Å². The molecular formula is C34H22Br2. The summed E-state index contributed by atoms with van der Waals surface area (Å²) < 4.78 is 2.17. The van der Waals surface area contributed by atoms with Crippen LogP contribution in [-0.2, 0) is 0 Å². The van der Waals surface area contributed by atoms with Gasteiger partial charge in [-0.15, -0.1) is 0 Å². The first-order chi connectivity index (χ1) is 17.7. The average Bonchev–Trinajstić information content (AvgIpc) is 2.93. The van der Waals surface area contributed by atoms with Gasteiger partial charge in [0.05, 0.1) is 0 Å². The molecule has 0 bridgehead atoms. The number of fused-ring (bicyclic) bond motifs is 1. The Balaban J connectivity index is 1.39. The third kappa shape index (κ3) is 4.55. The van der Waals surface area contributed by atoms with Crippen LogP contribution in [0.4, 0.5) is 0 Å². The monoisotopic (exact) mass is 588 g/mol. The minimum atomic E-state index is 1.08. The molecule has 0 spiro atoms. The standard InChI is InChI=1S/C34H22Br2/c35-29-17-15-24(16-18-29)28-8-3-7-27(21-28)23-11-13-26(14-12-23)32-20-19-30(36)22-34(32)33-10-4-6-25-5-1-2-9-31(25)33/h1-22H. The topological polar surface area (TPSA) is 0 Å². The van der Waals surface area contributed by atoms with Crippen LogP contribution < -0.4 is 0 Å². The predicted octanol–water partition coefficient (Wildman–Crippen LogP) is 11.0. The highest BCUT2D eigenvalue weighted by Gasteiger charge is 2.12. The van der Waals surface area contributed by atoms with Gasteiger partial charge < -0.3 is 0 Å². The average molecular weight is 590 g/mol. The van der Waals surface area contributed by atoms with Crippen LogP contribution in [0.15, 0.2) is 142 Å². The smallest absolute Gasteiger partial charge is 0.0181 e. The van der Waals surface area contributed by atoms with Crippen LogP contribution in [0.3, 0.4) is 0 Å². The summed E-state index contributed by atoms with van der Waals surface area (Å²) in [5.41, 5.74) is 9.76. The van der Waals surface area contributed by atoms with Gasteiger partial charge in [0, 0.05) is 8.95 Å². The van der Waals surface area contributed by atoms with Crippen molar-refractivity contribution in [2.24, 2.45) is 0 Å². The van der Waals surface area contributed by atoms with E-state index >= 15 is 0 Å². The van der Waals surface area contributed by atoms with Gasteiger partial charge in [-0.05, 0) is 85.6 Å². The fourth-order valence-corrected chi connectivity index (χ4v) is 5.44. The maximum atomic E-state index is 3.70. The molecule has 0 aromatic heterocycles. The Morgan fingerprint density at radius 2 is 0.917 bits per heavy atom. The summed E-state index contributed by atoms with van der Waals surface area (Å²) in [4.78, 5) is 0. The molecule has 0 saturated heterocycles. The van der Waals surface area contributed by atoms with E-state index in [2.05, 4.69) is 165 Å². The van der Waals surface area contributed by atoms with Gasteiger partial charge in [-0.3, -0.25) is 0 Å².